The highest BCUT2D eigenvalue weighted by Crippen LogP contribution is 2.21. The van der Waals surface area contributed by atoms with Gasteiger partial charge in [-0.1, -0.05) is 17.3 Å². The van der Waals surface area contributed by atoms with Crippen LogP contribution in [0, 0.1) is 0 Å². The minimum atomic E-state index is -0.175. The van der Waals surface area contributed by atoms with Crippen molar-refractivity contribution in [2.75, 3.05) is 19.6 Å². The lowest BCUT2D eigenvalue weighted by Gasteiger charge is -2.21. The van der Waals surface area contributed by atoms with Crippen molar-refractivity contribution in [3.63, 3.8) is 0 Å². The summed E-state index contributed by atoms with van der Waals surface area (Å²) in [5, 5.41) is 14.4. The molecule has 1 amide bonds. The highest BCUT2D eigenvalue weighted by molar-refractivity contribution is 5.93. The summed E-state index contributed by atoms with van der Waals surface area (Å²) in [7, 11) is 0. The van der Waals surface area contributed by atoms with E-state index in [9.17, 15) is 4.79 Å². The van der Waals surface area contributed by atoms with E-state index in [2.05, 4.69) is 30.9 Å². The number of hydrogen-bond acceptors (Lipinski definition) is 6. The summed E-state index contributed by atoms with van der Waals surface area (Å²) in [6.07, 6.45) is 5.31. The van der Waals surface area contributed by atoms with Crippen LogP contribution in [0.1, 0.15) is 34.9 Å². The number of carbonyl (C=O) groups excluding carboxylic acids is 1. The van der Waals surface area contributed by atoms with Gasteiger partial charge in [0.2, 0.25) is 0 Å². The van der Waals surface area contributed by atoms with Crippen LogP contribution in [0.3, 0.4) is 0 Å². The second-order valence-corrected chi connectivity index (χ2v) is 6.41. The summed E-state index contributed by atoms with van der Waals surface area (Å²) in [6.45, 7) is 3.00. The molecular weight excluding hydrogens is 330 g/mol. The average Bonchev–Trinajstić information content (AvgIpc) is 3.12. The molecule has 26 heavy (non-hydrogen) atoms. The molecule has 3 aromatic rings. The number of piperidine rings is 1. The molecule has 1 aromatic carbocycles. The quantitative estimate of drug-likeness (QED) is 0.715. The highest BCUT2D eigenvalue weighted by Gasteiger charge is 2.18. The lowest BCUT2D eigenvalue weighted by molar-refractivity contribution is 0.0951. The first-order valence-corrected chi connectivity index (χ1v) is 8.90. The predicted molar refractivity (Wildman–Crippen MR) is 96.7 cm³/mol. The Labute approximate surface area is 151 Å². The van der Waals surface area contributed by atoms with Crippen molar-refractivity contribution in [1.82, 2.24) is 35.6 Å². The summed E-state index contributed by atoms with van der Waals surface area (Å²) in [5.74, 6) is 1.04. The molecule has 2 aromatic heterocycles. The van der Waals surface area contributed by atoms with Crippen LogP contribution in [-0.2, 0) is 6.54 Å². The second-order valence-electron chi connectivity index (χ2n) is 6.41. The van der Waals surface area contributed by atoms with Gasteiger partial charge in [-0.3, -0.25) is 4.79 Å². The highest BCUT2D eigenvalue weighted by atomic mass is 16.1. The van der Waals surface area contributed by atoms with E-state index in [-0.39, 0.29) is 5.91 Å². The van der Waals surface area contributed by atoms with Crippen LogP contribution in [-0.4, -0.2) is 50.5 Å². The van der Waals surface area contributed by atoms with Crippen molar-refractivity contribution in [3.05, 3.63) is 48.0 Å². The summed E-state index contributed by atoms with van der Waals surface area (Å²) >= 11 is 0. The molecule has 1 aliphatic rings. The zero-order valence-corrected chi connectivity index (χ0v) is 14.4. The lowest BCUT2D eigenvalue weighted by Crippen LogP contribution is -2.29. The van der Waals surface area contributed by atoms with Gasteiger partial charge in [-0.2, -0.15) is 0 Å². The summed E-state index contributed by atoms with van der Waals surface area (Å²) in [6, 6.07) is 7.75. The van der Waals surface area contributed by atoms with Gasteiger partial charge in [-0.05, 0) is 38.1 Å². The molecule has 0 aliphatic carbocycles. The molecule has 8 nitrogen and oxygen atoms in total. The van der Waals surface area contributed by atoms with E-state index in [1.165, 1.54) is 0 Å². The van der Waals surface area contributed by atoms with Crippen molar-refractivity contribution in [1.29, 1.82) is 0 Å². The van der Waals surface area contributed by atoms with Gasteiger partial charge >= 0.3 is 0 Å². The average molecular weight is 351 g/mol. The van der Waals surface area contributed by atoms with E-state index >= 15 is 0 Å². The van der Waals surface area contributed by atoms with Crippen LogP contribution < -0.4 is 10.6 Å². The predicted octanol–water partition coefficient (Wildman–Crippen LogP) is 1.12. The Morgan fingerprint density at radius 1 is 1.19 bits per heavy atom. The third-order valence-electron chi connectivity index (χ3n) is 4.67. The van der Waals surface area contributed by atoms with Gasteiger partial charge in [0.15, 0.2) is 0 Å². The molecule has 8 heteroatoms. The Kier molecular flexibility index (Phi) is 4.83. The third-order valence-corrected chi connectivity index (χ3v) is 4.67. The van der Waals surface area contributed by atoms with Gasteiger partial charge in [0.1, 0.15) is 11.3 Å². The zero-order valence-electron chi connectivity index (χ0n) is 14.4. The molecule has 0 radical (unpaired) electrons. The van der Waals surface area contributed by atoms with Crippen molar-refractivity contribution >= 4 is 16.9 Å². The van der Waals surface area contributed by atoms with Gasteiger partial charge in [-0.15, -0.1) is 5.10 Å². The summed E-state index contributed by atoms with van der Waals surface area (Å²) in [4.78, 5) is 21.1. The topological polar surface area (TPSA) is 97.6 Å². The number of nitrogens with one attached hydrogen (secondary N) is 2. The van der Waals surface area contributed by atoms with Crippen LogP contribution in [0.15, 0.2) is 36.7 Å². The Morgan fingerprint density at radius 3 is 2.77 bits per heavy atom. The van der Waals surface area contributed by atoms with Gasteiger partial charge < -0.3 is 10.6 Å². The lowest BCUT2D eigenvalue weighted by atomic mass is 9.97. The van der Waals surface area contributed by atoms with Crippen LogP contribution >= 0.6 is 0 Å². The standard InChI is InChI=1S/C18H21N7O/c26-18(14-11-21-17(22-12-14)13-5-7-19-8-6-13)20-9-10-25-16-4-2-1-3-15(16)23-24-25/h1-4,11-13,19H,5-10H2,(H,20,26). The van der Waals surface area contributed by atoms with Gasteiger partial charge in [-0.25, -0.2) is 14.6 Å². The Bertz CT molecular complexity index is 884. The van der Waals surface area contributed by atoms with Gasteiger partial charge in [0.25, 0.3) is 5.91 Å². The molecule has 3 heterocycles. The number of rotatable bonds is 5. The summed E-state index contributed by atoms with van der Waals surface area (Å²) < 4.78 is 1.78. The van der Waals surface area contributed by atoms with E-state index in [1.807, 2.05) is 24.3 Å². The van der Waals surface area contributed by atoms with Crippen LogP contribution in [0.2, 0.25) is 0 Å². The largest absolute Gasteiger partial charge is 0.350 e. The van der Waals surface area contributed by atoms with Crippen LogP contribution in [0.5, 0.6) is 0 Å². The van der Waals surface area contributed by atoms with Crippen molar-refractivity contribution in [2.24, 2.45) is 0 Å². The van der Waals surface area contributed by atoms with Crippen molar-refractivity contribution in [2.45, 2.75) is 25.3 Å². The number of hydrogen-bond donors (Lipinski definition) is 2. The third kappa shape index (κ3) is 3.55. The van der Waals surface area contributed by atoms with E-state index in [0.717, 1.165) is 42.8 Å². The maximum Gasteiger partial charge on any atom is 0.254 e. The molecular formula is C18H21N7O. The van der Waals surface area contributed by atoms with Crippen LogP contribution in [0.25, 0.3) is 11.0 Å². The molecule has 2 N–H and O–H groups in total. The number of amides is 1. The maximum absolute atomic E-state index is 12.3. The second kappa shape index (κ2) is 7.57. The monoisotopic (exact) mass is 351 g/mol. The van der Waals surface area contributed by atoms with Gasteiger partial charge in [0.05, 0.1) is 17.6 Å². The summed E-state index contributed by atoms with van der Waals surface area (Å²) in [5.41, 5.74) is 2.28. The minimum absolute atomic E-state index is 0.175. The van der Waals surface area contributed by atoms with Crippen molar-refractivity contribution < 1.29 is 4.79 Å². The molecule has 1 fully saturated rings. The number of fused-ring (bicyclic) bond motifs is 1. The fraction of sp³-hybridized carbons (Fsp3) is 0.389. The SMILES string of the molecule is O=C(NCCn1nnc2ccccc21)c1cnc(C2CCNCC2)nc1. The van der Waals surface area contributed by atoms with E-state index in [0.29, 0.717) is 24.6 Å². The van der Waals surface area contributed by atoms with Crippen LogP contribution in [0.4, 0.5) is 0 Å². The number of benzene rings is 1. The fourth-order valence-electron chi connectivity index (χ4n) is 3.21. The van der Waals surface area contributed by atoms with E-state index in [1.54, 1.807) is 17.1 Å². The molecule has 4 rings (SSSR count). The van der Waals surface area contributed by atoms with Crippen molar-refractivity contribution in [3.8, 4) is 0 Å². The first-order valence-electron chi connectivity index (χ1n) is 8.90. The molecule has 0 spiro atoms. The Hall–Kier alpha value is -2.87. The first-order chi connectivity index (χ1) is 12.8. The number of aromatic nitrogens is 5. The first kappa shape index (κ1) is 16.6. The smallest absolute Gasteiger partial charge is 0.254 e. The molecule has 0 bridgehead atoms. The Balaban J connectivity index is 1.33. The molecule has 134 valence electrons. The van der Waals surface area contributed by atoms with E-state index < -0.39 is 0 Å². The molecule has 0 saturated carbocycles. The number of nitrogens with zero attached hydrogens (tertiary/aromatic N) is 5. The fourth-order valence-corrected chi connectivity index (χ4v) is 3.21. The maximum atomic E-state index is 12.3. The number of carbonyl (C=O) groups is 1. The minimum Gasteiger partial charge on any atom is -0.350 e. The van der Waals surface area contributed by atoms with E-state index in [4.69, 9.17) is 0 Å². The molecule has 0 atom stereocenters. The molecule has 0 unspecified atom stereocenters. The molecule has 1 aliphatic heterocycles. The number of para-hydroxylation sites is 1. The molecule has 1 saturated heterocycles. The zero-order chi connectivity index (χ0) is 17.8. The normalized spacial score (nSPS) is 15.2. The van der Waals surface area contributed by atoms with Gasteiger partial charge in [0, 0.05) is 24.9 Å². The Morgan fingerprint density at radius 2 is 1.96 bits per heavy atom.